The fourth-order valence-corrected chi connectivity index (χ4v) is 2.17. The summed E-state index contributed by atoms with van der Waals surface area (Å²) in [5.41, 5.74) is 0.416. The molecule has 0 spiro atoms. The van der Waals surface area contributed by atoms with Crippen molar-refractivity contribution in [2.45, 2.75) is 0 Å². The van der Waals surface area contributed by atoms with Crippen molar-refractivity contribution in [3.05, 3.63) is 46.8 Å². The van der Waals surface area contributed by atoms with E-state index < -0.39 is 18.5 Å². The van der Waals surface area contributed by atoms with Gasteiger partial charge in [-0.05, 0) is 46.3 Å². The second kappa shape index (κ2) is 8.93. The van der Waals surface area contributed by atoms with E-state index in [9.17, 15) is 9.59 Å². The molecule has 0 unspecified atom stereocenters. The van der Waals surface area contributed by atoms with Crippen molar-refractivity contribution in [1.82, 2.24) is 0 Å². The van der Waals surface area contributed by atoms with E-state index >= 15 is 0 Å². The van der Waals surface area contributed by atoms with Crippen molar-refractivity contribution < 1.29 is 28.2 Å². The van der Waals surface area contributed by atoms with Crippen LogP contribution < -0.4 is 14.8 Å². The number of hydrogen-bond donors (Lipinski definition) is 1. The first-order valence-electron chi connectivity index (χ1n) is 7.14. The molecule has 0 saturated heterocycles. The van der Waals surface area contributed by atoms with Gasteiger partial charge in [0.15, 0.2) is 11.3 Å². The number of halogens is 1. The van der Waals surface area contributed by atoms with Gasteiger partial charge in [-0.1, -0.05) is 0 Å². The molecule has 25 heavy (non-hydrogen) atoms. The quantitative estimate of drug-likeness (QED) is 0.557. The monoisotopic (exact) mass is 409 g/mol. The van der Waals surface area contributed by atoms with Gasteiger partial charge >= 0.3 is 5.97 Å². The number of furan rings is 1. The van der Waals surface area contributed by atoms with Crippen LogP contribution in [0, 0.1) is 0 Å². The summed E-state index contributed by atoms with van der Waals surface area (Å²) in [4.78, 5) is 23.5. The minimum atomic E-state index is -0.666. The second-order valence-electron chi connectivity index (χ2n) is 4.70. The lowest BCUT2D eigenvalue weighted by atomic mass is 10.2. The summed E-state index contributed by atoms with van der Waals surface area (Å²) in [6.45, 7) is -0.439. The van der Waals surface area contributed by atoms with Gasteiger partial charge in [-0.2, -0.15) is 0 Å². The van der Waals surface area contributed by atoms with E-state index in [2.05, 4.69) is 21.2 Å². The van der Waals surface area contributed by atoms with Crippen LogP contribution in [0.3, 0.4) is 0 Å². The number of amides is 1. The molecule has 0 aliphatic carbocycles. The molecular weight excluding hydrogens is 394 g/mol. The van der Waals surface area contributed by atoms with Gasteiger partial charge in [0.25, 0.3) is 5.91 Å². The molecule has 1 aromatic carbocycles. The van der Waals surface area contributed by atoms with Gasteiger partial charge < -0.3 is 23.9 Å². The molecule has 1 N–H and O–H groups in total. The summed E-state index contributed by atoms with van der Waals surface area (Å²) in [5, 5.41) is 2.60. The van der Waals surface area contributed by atoms with E-state index in [4.69, 9.17) is 18.6 Å². The maximum atomic E-state index is 11.9. The smallest absolute Gasteiger partial charge is 0.331 e. The summed E-state index contributed by atoms with van der Waals surface area (Å²) in [7, 11) is 2.99. The van der Waals surface area contributed by atoms with Gasteiger partial charge in [-0.25, -0.2) is 4.79 Å². The topological polar surface area (TPSA) is 87.0 Å². The van der Waals surface area contributed by atoms with Crippen LogP contribution in [0.5, 0.6) is 11.5 Å². The number of methoxy groups -OCH3 is 2. The van der Waals surface area contributed by atoms with E-state index in [0.29, 0.717) is 27.6 Å². The summed E-state index contributed by atoms with van der Waals surface area (Å²) in [6, 6.07) is 8.33. The molecule has 1 heterocycles. The number of anilines is 1. The number of benzene rings is 1. The van der Waals surface area contributed by atoms with E-state index in [0.717, 1.165) is 0 Å². The molecule has 8 heteroatoms. The van der Waals surface area contributed by atoms with E-state index in [-0.39, 0.29) is 0 Å². The predicted molar refractivity (Wildman–Crippen MR) is 94.6 cm³/mol. The Balaban J connectivity index is 1.88. The SMILES string of the molecule is COc1ccc(OC)c(NC(=O)COC(=O)C=Cc2ccc(Br)o2)c1. The Morgan fingerprint density at radius 1 is 1.20 bits per heavy atom. The Labute approximate surface area is 152 Å². The van der Waals surface area contributed by atoms with E-state index in [1.807, 2.05) is 0 Å². The Bertz CT molecular complexity index is 783. The molecule has 0 bridgehead atoms. The molecule has 0 aliphatic heterocycles. The lowest BCUT2D eigenvalue weighted by Gasteiger charge is -2.11. The van der Waals surface area contributed by atoms with Gasteiger partial charge in [0.2, 0.25) is 0 Å². The minimum Gasteiger partial charge on any atom is -0.497 e. The summed E-state index contributed by atoms with van der Waals surface area (Å²) in [6.07, 6.45) is 2.61. The Hall–Kier alpha value is -2.74. The second-order valence-corrected chi connectivity index (χ2v) is 5.48. The van der Waals surface area contributed by atoms with Gasteiger partial charge in [0.05, 0.1) is 19.9 Å². The van der Waals surface area contributed by atoms with Crippen LogP contribution in [0.1, 0.15) is 5.76 Å². The molecule has 1 amide bonds. The van der Waals surface area contributed by atoms with E-state index in [1.54, 1.807) is 30.3 Å². The van der Waals surface area contributed by atoms with Crippen LogP contribution in [-0.2, 0) is 14.3 Å². The first-order chi connectivity index (χ1) is 12.0. The number of nitrogens with one attached hydrogen (secondary N) is 1. The Morgan fingerprint density at radius 2 is 2.00 bits per heavy atom. The average Bonchev–Trinajstić information content (AvgIpc) is 3.03. The number of esters is 1. The lowest BCUT2D eigenvalue weighted by Crippen LogP contribution is -2.20. The maximum absolute atomic E-state index is 11.9. The van der Waals surface area contributed by atoms with Gasteiger partial charge in [-0.3, -0.25) is 4.79 Å². The zero-order valence-corrected chi connectivity index (χ0v) is 15.2. The zero-order chi connectivity index (χ0) is 18.2. The normalized spacial score (nSPS) is 10.5. The van der Waals surface area contributed by atoms with Crippen LogP contribution in [-0.4, -0.2) is 32.7 Å². The zero-order valence-electron chi connectivity index (χ0n) is 13.6. The van der Waals surface area contributed by atoms with Crippen molar-refractivity contribution >= 4 is 39.6 Å². The minimum absolute atomic E-state index is 0.416. The van der Waals surface area contributed by atoms with Crippen LogP contribution in [0.4, 0.5) is 5.69 Å². The van der Waals surface area contributed by atoms with Crippen molar-refractivity contribution in [2.75, 3.05) is 26.1 Å². The number of hydrogen-bond acceptors (Lipinski definition) is 6. The van der Waals surface area contributed by atoms with Crippen molar-refractivity contribution in [2.24, 2.45) is 0 Å². The third kappa shape index (κ3) is 5.68. The Kier molecular flexibility index (Phi) is 6.64. The summed E-state index contributed by atoms with van der Waals surface area (Å²) in [5.74, 6) is 0.327. The molecule has 1 aromatic heterocycles. The highest BCUT2D eigenvalue weighted by Crippen LogP contribution is 2.28. The molecule has 0 radical (unpaired) electrons. The highest BCUT2D eigenvalue weighted by atomic mass is 79.9. The van der Waals surface area contributed by atoms with Crippen LogP contribution in [0.2, 0.25) is 0 Å². The van der Waals surface area contributed by atoms with Gasteiger partial charge in [-0.15, -0.1) is 0 Å². The van der Waals surface area contributed by atoms with Crippen LogP contribution in [0.15, 0.2) is 45.5 Å². The number of rotatable bonds is 7. The van der Waals surface area contributed by atoms with Crippen LogP contribution in [0.25, 0.3) is 6.08 Å². The average molecular weight is 410 g/mol. The highest BCUT2D eigenvalue weighted by Gasteiger charge is 2.11. The summed E-state index contributed by atoms with van der Waals surface area (Å²) >= 11 is 3.15. The fourth-order valence-electron chi connectivity index (χ4n) is 1.85. The third-order valence-corrected chi connectivity index (χ3v) is 3.43. The molecule has 132 valence electrons. The highest BCUT2D eigenvalue weighted by molar-refractivity contribution is 9.10. The first-order valence-corrected chi connectivity index (χ1v) is 7.93. The molecule has 0 atom stereocenters. The van der Waals surface area contributed by atoms with E-state index in [1.165, 1.54) is 26.4 Å². The van der Waals surface area contributed by atoms with Crippen molar-refractivity contribution in [3.63, 3.8) is 0 Å². The van der Waals surface area contributed by atoms with Crippen LogP contribution >= 0.6 is 15.9 Å². The molecule has 0 aliphatic rings. The number of ether oxygens (including phenoxy) is 3. The maximum Gasteiger partial charge on any atom is 0.331 e. The molecule has 2 aromatic rings. The fraction of sp³-hybridized carbons (Fsp3) is 0.176. The molecular formula is C17H16BrNO6. The third-order valence-electron chi connectivity index (χ3n) is 3.00. The van der Waals surface area contributed by atoms with Crippen molar-refractivity contribution in [3.8, 4) is 11.5 Å². The van der Waals surface area contributed by atoms with Gasteiger partial charge in [0.1, 0.15) is 17.3 Å². The number of carbonyl (C=O) groups is 2. The Morgan fingerprint density at radius 3 is 2.64 bits per heavy atom. The number of carbonyl (C=O) groups excluding carboxylic acids is 2. The van der Waals surface area contributed by atoms with Crippen molar-refractivity contribution in [1.29, 1.82) is 0 Å². The molecule has 2 rings (SSSR count). The standard InChI is InChI=1S/C17H16BrNO6/c1-22-12-3-6-14(23-2)13(9-12)19-16(20)10-24-17(21)8-5-11-4-7-15(18)25-11/h3-9H,10H2,1-2H3,(H,19,20). The lowest BCUT2D eigenvalue weighted by molar-refractivity contribution is -0.142. The van der Waals surface area contributed by atoms with Gasteiger partial charge in [0, 0.05) is 12.1 Å². The first kappa shape index (κ1) is 18.6. The summed E-state index contributed by atoms with van der Waals surface area (Å²) < 4.78 is 20.9. The molecule has 0 fully saturated rings. The predicted octanol–water partition coefficient (Wildman–Crippen LogP) is 3.25. The largest absolute Gasteiger partial charge is 0.497 e. The molecule has 7 nitrogen and oxygen atoms in total. The molecule has 0 saturated carbocycles.